The number of carbonyl (C=O) groups excluding carboxylic acids is 1. The van der Waals surface area contributed by atoms with E-state index in [1.807, 2.05) is 0 Å². The molecule has 1 aliphatic heterocycles. The van der Waals surface area contributed by atoms with Crippen molar-refractivity contribution in [3.8, 4) is 0 Å². The molecule has 0 bridgehead atoms. The molecule has 1 atom stereocenters. The number of ether oxygens (including phenoxy) is 1. The Bertz CT molecular complexity index is 470. The largest absolute Gasteiger partial charge is 0.545 e. The topological polar surface area (TPSA) is 73.4 Å². The summed E-state index contributed by atoms with van der Waals surface area (Å²) in [6.45, 7) is 2.09. The third-order valence-electron chi connectivity index (χ3n) is 3.16. The van der Waals surface area contributed by atoms with Gasteiger partial charge in [-0.15, -0.1) is 0 Å². The molecule has 1 saturated heterocycles. The summed E-state index contributed by atoms with van der Waals surface area (Å²) in [5.41, 5.74) is 1.13. The fourth-order valence-electron chi connectivity index (χ4n) is 2.02. The van der Waals surface area contributed by atoms with Crippen molar-refractivity contribution in [2.24, 2.45) is 0 Å². The molecule has 2 N–H and O–H groups in total. The predicted octanol–water partition coefficient (Wildman–Crippen LogP) is 0.193. The standard InChI is InChI=1S/C14H18N2O3S/c17-13(18)11-5-3-10(4-6-11)8-15-14(20)16-9-12-2-1-7-19-12/h3-6,12H,1-2,7-9H2,(H,17,18)(H2,15,16,20)/p-1. The van der Waals surface area contributed by atoms with Crippen molar-refractivity contribution >= 4 is 23.3 Å². The highest BCUT2D eigenvalue weighted by atomic mass is 32.1. The van der Waals surface area contributed by atoms with Crippen molar-refractivity contribution in [2.45, 2.75) is 25.5 Å². The minimum absolute atomic E-state index is 0.174. The van der Waals surface area contributed by atoms with Gasteiger partial charge in [-0.1, -0.05) is 24.3 Å². The number of aromatic carboxylic acids is 1. The maximum atomic E-state index is 10.6. The van der Waals surface area contributed by atoms with Gasteiger partial charge in [0.05, 0.1) is 12.1 Å². The molecule has 1 unspecified atom stereocenters. The summed E-state index contributed by atoms with van der Waals surface area (Å²) in [6.07, 6.45) is 2.43. The average Bonchev–Trinajstić information content (AvgIpc) is 2.96. The number of hydrogen-bond donors (Lipinski definition) is 2. The Kier molecular flexibility index (Phi) is 5.31. The quantitative estimate of drug-likeness (QED) is 0.755. The maximum Gasteiger partial charge on any atom is 0.166 e. The minimum Gasteiger partial charge on any atom is -0.545 e. The molecule has 0 aromatic heterocycles. The highest BCUT2D eigenvalue weighted by Gasteiger charge is 2.15. The Morgan fingerprint density at radius 1 is 1.35 bits per heavy atom. The number of carboxylic acid groups (broad SMARTS) is 1. The molecule has 1 fully saturated rings. The number of rotatable bonds is 5. The first-order valence-corrected chi connectivity index (χ1v) is 6.99. The first kappa shape index (κ1) is 14.7. The molecule has 0 radical (unpaired) electrons. The number of benzene rings is 1. The van der Waals surface area contributed by atoms with Crippen LogP contribution in [0.4, 0.5) is 0 Å². The molecule has 108 valence electrons. The molecule has 0 aliphatic carbocycles. The summed E-state index contributed by atoms with van der Waals surface area (Å²) >= 11 is 5.17. The summed E-state index contributed by atoms with van der Waals surface area (Å²) in [5.74, 6) is -1.17. The monoisotopic (exact) mass is 293 g/mol. The van der Waals surface area contributed by atoms with Gasteiger partial charge in [0.15, 0.2) is 5.11 Å². The van der Waals surface area contributed by atoms with Crippen LogP contribution in [-0.4, -0.2) is 30.3 Å². The van der Waals surface area contributed by atoms with Crippen LogP contribution in [0.1, 0.15) is 28.8 Å². The lowest BCUT2D eigenvalue weighted by Gasteiger charge is -2.14. The average molecular weight is 293 g/mol. The zero-order valence-electron chi connectivity index (χ0n) is 11.1. The normalized spacial score (nSPS) is 17.7. The van der Waals surface area contributed by atoms with Gasteiger partial charge < -0.3 is 25.3 Å². The zero-order valence-corrected chi connectivity index (χ0v) is 11.9. The molecule has 5 nitrogen and oxygen atoms in total. The van der Waals surface area contributed by atoms with Gasteiger partial charge in [-0.25, -0.2) is 0 Å². The molecule has 0 saturated carbocycles. The van der Waals surface area contributed by atoms with Gasteiger partial charge in [-0.3, -0.25) is 0 Å². The molecule has 20 heavy (non-hydrogen) atoms. The third-order valence-corrected chi connectivity index (χ3v) is 3.45. The number of hydrogen-bond acceptors (Lipinski definition) is 4. The first-order valence-electron chi connectivity index (χ1n) is 6.59. The van der Waals surface area contributed by atoms with Crippen LogP contribution in [0.25, 0.3) is 0 Å². The zero-order chi connectivity index (χ0) is 14.4. The van der Waals surface area contributed by atoms with E-state index in [-0.39, 0.29) is 11.7 Å². The van der Waals surface area contributed by atoms with E-state index in [2.05, 4.69) is 10.6 Å². The molecule has 1 aliphatic rings. The van der Waals surface area contributed by atoms with Crippen LogP contribution in [0.2, 0.25) is 0 Å². The fraction of sp³-hybridized carbons (Fsp3) is 0.429. The van der Waals surface area contributed by atoms with Crippen molar-refractivity contribution < 1.29 is 14.6 Å². The second kappa shape index (κ2) is 7.21. The van der Waals surface area contributed by atoms with E-state index in [9.17, 15) is 9.90 Å². The fourth-order valence-corrected chi connectivity index (χ4v) is 2.17. The van der Waals surface area contributed by atoms with Crippen LogP contribution in [0.15, 0.2) is 24.3 Å². The molecule has 6 heteroatoms. The van der Waals surface area contributed by atoms with Crippen molar-refractivity contribution in [1.82, 2.24) is 10.6 Å². The van der Waals surface area contributed by atoms with Crippen molar-refractivity contribution in [2.75, 3.05) is 13.2 Å². The molecular formula is C14H17N2O3S-. The van der Waals surface area contributed by atoms with Crippen LogP contribution in [0, 0.1) is 0 Å². The van der Waals surface area contributed by atoms with E-state index in [0.717, 1.165) is 31.6 Å². The van der Waals surface area contributed by atoms with Gasteiger partial charge in [0.25, 0.3) is 0 Å². The Balaban J connectivity index is 1.70. The predicted molar refractivity (Wildman–Crippen MR) is 77.2 cm³/mol. The smallest absolute Gasteiger partial charge is 0.166 e. The molecule has 1 heterocycles. The summed E-state index contributed by atoms with van der Waals surface area (Å²) in [7, 11) is 0. The Morgan fingerprint density at radius 2 is 2.10 bits per heavy atom. The van der Waals surface area contributed by atoms with E-state index in [1.54, 1.807) is 12.1 Å². The van der Waals surface area contributed by atoms with Gasteiger partial charge in [-0.05, 0) is 36.2 Å². The van der Waals surface area contributed by atoms with Gasteiger partial charge in [0, 0.05) is 19.7 Å². The van der Waals surface area contributed by atoms with E-state index in [0.29, 0.717) is 11.7 Å². The first-order chi connectivity index (χ1) is 9.65. The SMILES string of the molecule is O=C([O-])c1ccc(CNC(=S)NCC2CCCO2)cc1. The van der Waals surface area contributed by atoms with Crippen LogP contribution >= 0.6 is 12.2 Å². The summed E-state index contributed by atoms with van der Waals surface area (Å²) < 4.78 is 5.49. The van der Waals surface area contributed by atoms with Crippen LogP contribution in [-0.2, 0) is 11.3 Å². The highest BCUT2D eigenvalue weighted by Crippen LogP contribution is 2.10. The number of thiocarbonyl (C=S) groups is 1. The molecule has 0 spiro atoms. The van der Waals surface area contributed by atoms with Crippen LogP contribution < -0.4 is 15.7 Å². The molecule has 2 rings (SSSR count). The lowest BCUT2D eigenvalue weighted by molar-refractivity contribution is -0.255. The number of nitrogens with one attached hydrogen (secondary N) is 2. The summed E-state index contributed by atoms with van der Waals surface area (Å²) in [6, 6.07) is 6.52. The number of carbonyl (C=O) groups is 1. The van der Waals surface area contributed by atoms with E-state index >= 15 is 0 Å². The highest BCUT2D eigenvalue weighted by molar-refractivity contribution is 7.80. The molecule has 0 amide bonds. The maximum absolute atomic E-state index is 10.6. The van der Waals surface area contributed by atoms with Gasteiger partial charge in [-0.2, -0.15) is 0 Å². The second-order valence-electron chi connectivity index (χ2n) is 4.68. The van der Waals surface area contributed by atoms with Crippen molar-refractivity contribution in [3.63, 3.8) is 0 Å². The van der Waals surface area contributed by atoms with Gasteiger partial charge in [0.2, 0.25) is 0 Å². The number of carboxylic acids is 1. The van der Waals surface area contributed by atoms with Crippen molar-refractivity contribution in [3.05, 3.63) is 35.4 Å². The van der Waals surface area contributed by atoms with Crippen LogP contribution in [0.3, 0.4) is 0 Å². The summed E-state index contributed by atoms with van der Waals surface area (Å²) in [4.78, 5) is 10.6. The molecule has 1 aromatic rings. The lowest BCUT2D eigenvalue weighted by atomic mass is 10.1. The van der Waals surface area contributed by atoms with Crippen LogP contribution in [0.5, 0.6) is 0 Å². The molecular weight excluding hydrogens is 276 g/mol. The third kappa shape index (κ3) is 4.47. The Morgan fingerprint density at radius 3 is 2.70 bits per heavy atom. The summed E-state index contributed by atoms with van der Waals surface area (Å²) in [5, 5.41) is 17.4. The van der Waals surface area contributed by atoms with Gasteiger partial charge >= 0.3 is 0 Å². The van der Waals surface area contributed by atoms with Crippen molar-refractivity contribution in [1.29, 1.82) is 0 Å². The Hall–Kier alpha value is -1.66. The van der Waals surface area contributed by atoms with E-state index in [1.165, 1.54) is 12.1 Å². The van der Waals surface area contributed by atoms with E-state index in [4.69, 9.17) is 17.0 Å². The van der Waals surface area contributed by atoms with Gasteiger partial charge in [0.1, 0.15) is 0 Å². The van der Waals surface area contributed by atoms with E-state index < -0.39 is 5.97 Å². The minimum atomic E-state index is -1.17. The second-order valence-corrected chi connectivity index (χ2v) is 5.09. The molecule has 1 aromatic carbocycles. The Labute approximate surface area is 123 Å². The lowest BCUT2D eigenvalue weighted by Crippen LogP contribution is -2.39.